The van der Waals surface area contributed by atoms with Crippen molar-refractivity contribution in [1.82, 2.24) is 10.6 Å². The average molecular weight is 419 g/mol. The van der Waals surface area contributed by atoms with E-state index < -0.39 is 23.8 Å². The summed E-state index contributed by atoms with van der Waals surface area (Å²) in [6.45, 7) is 8.46. The van der Waals surface area contributed by atoms with E-state index in [2.05, 4.69) is 43.5 Å². The van der Waals surface area contributed by atoms with E-state index in [1.165, 1.54) is 24.6 Å². The first-order chi connectivity index (χ1) is 14.0. The summed E-state index contributed by atoms with van der Waals surface area (Å²) in [7, 11) is 0. The Labute approximate surface area is 177 Å². The van der Waals surface area contributed by atoms with E-state index in [4.69, 9.17) is 0 Å². The van der Waals surface area contributed by atoms with Gasteiger partial charge in [0.25, 0.3) is 0 Å². The molecule has 6 heteroatoms. The van der Waals surface area contributed by atoms with Crippen LogP contribution in [0.5, 0.6) is 0 Å². The fourth-order valence-electron chi connectivity index (χ4n) is 3.43. The molecule has 0 bridgehead atoms. The molecule has 3 N–H and O–H groups in total. The molecular weight excluding hydrogens is 386 g/mol. The second-order valence-electron chi connectivity index (χ2n) is 9.03. The summed E-state index contributed by atoms with van der Waals surface area (Å²) in [5, 5.41) is 16.5. The Kier molecular flexibility index (Phi) is 8.50. The highest BCUT2D eigenvalue weighted by molar-refractivity contribution is 5.72. The Morgan fingerprint density at radius 3 is 2.27 bits per heavy atom. The Morgan fingerprint density at radius 1 is 1.03 bits per heavy atom. The van der Waals surface area contributed by atoms with Gasteiger partial charge in [-0.25, -0.2) is 8.78 Å². The van der Waals surface area contributed by atoms with Crippen molar-refractivity contribution < 1.29 is 18.7 Å². The van der Waals surface area contributed by atoms with Crippen LogP contribution in [0.2, 0.25) is 0 Å². The van der Waals surface area contributed by atoms with Gasteiger partial charge in [0.15, 0.2) is 0 Å². The molecule has 0 aliphatic rings. The minimum Gasteiger partial charge on any atom is -0.390 e. The van der Waals surface area contributed by atoms with Crippen LogP contribution in [0.4, 0.5) is 8.78 Å². The number of aliphatic hydroxyl groups excluding tert-OH is 1. The number of rotatable bonds is 9. The molecule has 0 saturated carbocycles. The zero-order valence-electron chi connectivity index (χ0n) is 18.1. The number of carbonyl (C=O) groups is 1. The van der Waals surface area contributed by atoms with Crippen molar-refractivity contribution >= 4 is 5.91 Å². The molecule has 0 aliphatic carbocycles. The standard InChI is InChI=1S/C24H32F2N2O2/c1-16(29)27-15-23(30)22(11-19-9-20(25)12-21(26)10-19)28-14-18-7-5-6-17(8-18)13-24(2,3)4/h5-10,12,22-23,28,30H,11,13-15H2,1-4H3,(H,27,29)/t22?,23-/m1/s1. The van der Waals surface area contributed by atoms with E-state index in [9.17, 15) is 18.7 Å². The number of amides is 1. The van der Waals surface area contributed by atoms with Crippen LogP contribution in [0.3, 0.4) is 0 Å². The molecule has 0 radical (unpaired) electrons. The zero-order valence-corrected chi connectivity index (χ0v) is 18.1. The Morgan fingerprint density at radius 2 is 1.67 bits per heavy atom. The van der Waals surface area contributed by atoms with Crippen molar-refractivity contribution in [2.24, 2.45) is 5.41 Å². The second kappa shape index (κ2) is 10.6. The minimum atomic E-state index is -0.919. The molecule has 0 aliphatic heterocycles. The lowest BCUT2D eigenvalue weighted by Crippen LogP contribution is -2.47. The van der Waals surface area contributed by atoms with Crippen LogP contribution in [0, 0.1) is 17.0 Å². The highest BCUT2D eigenvalue weighted by Gasteiger charge is 2.20. The van der Waals surface area contributed by atoms with E-state index in [0.29, 0.717) is 12.1 Å². The molecular formula is C24H32F2N2O2. The number of aliphatic hydroxyl groups is 1. The van der Waals surface area contributed by atoms with Crippen molar-refractivity contribution in [3.05, 3.63) is 70.8 Å². The van der Waals surface area contributed by atoms with Gasteiger partial charge >= 0.3 is 0 Å². The summed E-state index contributed by atoms with van der Waals surface area (Å²) < 4.78 is 27.2. The Bertz CT molecular complexity index is 829. The van der Waals surface area contributed by atoms with Crippen molar-refractivity contribution in [3.63, 3.8) is 0 Å². The van der Waals surface area contributed by atoms with Gasteiger partial charge in [0, 0.05) is 32.1 Å². The highest BCUT2D eigenvalue weighted by Crippen LogP contribution is 2.21. The van der Waals surface area contributed by atoms with Gasteiger partial charge in [-0.1, -0.05) is 45.0 Å². The predicted molar refractivity (Wildman–Crippen MR) is 115 cm³/mol. The van der Waals surface area contributed by atoms with Crippen molar-refractivity contribution in [2.75, 3.05) is 6.54 Å². The topological polar surface area (TPSA) is 61.4 Å². The fraction of sp³-hybridized carbons (Fsp3) is 0.458. The van der Waals surface area contributed by atoms with E-state index in [-0.39, 0.29) is 24.3 Å². The first kappa shape index (κ1) is 24.0. The molecule has 164 valence electrons. The Balaban J connectivity index is 2.12. The Hall–Kier alpha value is -2.31. The number of hydrogen-bond acceptors (Lipinski definition) is 3. The fourth-order valence-corrected chi connectivity index (χ4v) is 3.43. The molecule has 1 unspecified atom stereocenters. The maximum atomic E-state index is 13.6. The van der Waals surface area contributed by atoms with Crippen LogP contribution >= 0.6 is 0 Å². The van der Waals surface area contributed by atoms with Gasteiger partial charge in [-0.2, -0.15) is 0 Å². The monoisotopic (exact) mass is 418 g/mol. The third kappa shape index (κ3) is 8.59. The number of carbonyl (C=O) groups excluding carboxylic acids is 1. The second-order valence-corrected chi connectivity index (χ2v) is 9.03. The lowest BCUT2D eigenvalue weighted by molar-refractivity contribution is -0.119. The van der Waals surface area contributed by atoms with E-state index in [0.717, 1.165) is 18.1 Å². The molecule has 1 amide bonds. The quantitative estimate of drug-likeness (QED) is 0.581. The first-order valence-electron chi connectivity index (χ1n) is 10.2. The molecule has 0 aromatic heterocycles. The van der Waals surface area contributed by atoms with Gasteiger partial charge in [0.1, 0.15) is 11.6 Å². The third-order valence-electron chi connectivity index (χ3n) is 4.70. The van der Waals surface area contributed by atoms with Gasteiger partial charge in [-0.3, -0.25) is 4.79 Å². The molecule has 0 fully saturated rings. The maximum Gasteiger partial charge on any atom is 0.216 e. The van der Waals surface area contributed by atoms with Crippen LogP contribution in [0.1, 0.15) is 44.4 Å². The largest absolute Gasteiger partial charge is 0.390 e. The highest BCUT2D eigenvalue weighted by atomic mass is 19.1. The predicted octanol–water partition coefficient (Wildman–Crippen LogP) is 3.75. The van der Waals surface area contributed by atoms with Gasteiger partial charge in [0.05, 0.1) is 6.10 Å². The SMILES string of the molecule is CC(=O)NC[C@@H](O)C(Cc1cc(F)cc(F)c1)NCc1cccc(CC(C)(C)C)c1. The molecule has 0 saturated heterocycles. The number of nitrogens with one attached hydrogen (secondary N) is 2. The van der Waals surface area contributed by atoms with E-state index in [1.807, 2.05) is 12.1 Å². The van der Waals surface area contributed by atoms with Crippen LogP contribution in [0.15, 0.2) is 42.5 Å². The smallest absolute Gasteiger partial charge is 0.216 e. The molecule has 0 heterocycles. The van der Waals surface area contributed by atoms with Crippen LogP contribution in [-0.4, -0.2) is 29.7 Å². The lowest BCUT2D eigenvalue weighted by Gasteiger charge is -2.25. The van der Waals surface area contributed by atoms with E-state index >= 15 is 0 Å². The number of halogens is 2. The summed E-state index contributed by atoms with van der Waals surface area (Å²) in [4.78, 5) is 11.2. The summed E-state index contributed by atoms with van der Waals surface area (Å²) >= 11 is 0. The lowest BCUT2D eigenvalue weighted by atomic mass is 9.88. The molecule has 30 heavy (non-hydrogen) atoms. The molecule has 0 spiro atoms. The summed E-state index contributed by atoms with van der Waals surface area (Å²) in [6.07, 6.45) is 0.243. The van der Waals surface area contributed by atoms with Crippen LogP contribution in [0.25, 0.3) is 0 Å². The van der Waals surface area contributed by atoms with Crippen LogP contribution < -0.4 is 10.6 Å². The summed E-state index contributed by atoms with van der Waals surface area (Å²) in [5.74, 6) is -1.57. The van der Waals surface area contributed by atoms with Crippen molar-refractivity contribution in [2.45, 2.75) is 59.2 Å². The molecule has 2 atom stereocenters. The molecule has 2 aromatic carbocycles. The molecule has 4 nitrogen and oxygen atoms in total. The number of benzene rings is 2. The zero-order chi connectivity index (χ0) is 22.3. The molecule has 2 rings (SSSR count). The van der Waals surface area contributed by atoms with Gasteiger partial charge in [-0.05, 0) is 47.1 Å². The van der Waals surface area contributed by atoms with Gasteiger partial charge in [0.2, 0.25) is 5.91 Å². The average Bonchev–Trinajstić information content (AvgIpc) is 2.61. The van der Waals surface area contributed by atoms with E-state index in [1.54, 1.807) is 0 Å². The van der Waals surface area contributed by atoms with Crippen LogP contribution in [-0.2, 0) is 24.2 Å². The van der Waals surface area contributed by atoms with Crippen molar-refractivity contribution in [1.29, 1.82) is 0 Å². The summed E-state index contributed by atoms with van der Waals surface area (Å²) in [5.41, 5.74) is 2.89. The third-order valence-corrected chi connectivity index (χ3v) is 4.70. The first-order valence-corrected chi connectivity index (χ1v) is 10.2. The van der Waals surface area contributed by atoms with Gasteiger partial charge in [-0.15, -0.1) is 0 Å². The molecule has 2 aromatic rings. The minimum absolute atomic E-state index is 0.0505. The maximum absolute atomic E-state index is 13.6. The number of hydrogen-bond donors (Lipinski definition) is 3. The van der Waals surface area contributed by atoms with Crippen molar-refractivity contribution in [3.8, 4) is 0 Å². The summed E-state index contributed by atoms with van der Waals surface area (Å²) in [6, 6.07) is 11.1. The normalized spacial score (nSPS) is 13.7. The van der Waals surface area contributed by atoms with Gasteiger partial charge < -0.3 is 15.7 Å².